The zero-order valence-electron chi connectivity index (χ0n) is 15.6. The fourth-order valence-corrected chi connectivity index (χ4v) is 2.95. The summed E-state index contributed by atoms with van der Waals surface area (Å²) in [6.07, 6.45) is 1.78. The molecule has 0 radical (unpaired) electrons. The molecule has 1 aromatic heterocycles. The number of nitrogens with one attached hydrogen (secondary N) is 1. The van der Waals surface area contributed by atoms with Crippen LogP contribution in [0.15, 0.2) is 36.5 Å². The van der Waals surface area contributed by atoms with Gasteiger partial charge in [-0.3, -0.25) is 4.79 Å². The lowest BCUT2D eigenvalue weighted by Gasteiger charge is -2.28. The normalized spacial score (nSPS) is 11.3. The summed E-state index contributed by atoms with van der Waals surface area (Å²) in [5.74, 6) is 0.712. The van der Waals surface area contributed by atoms with Crippen LogP contribution in [0.25, 0.3) is 11.1 Å². The molecule has 0 unspecified atom stereocenters. The van der Waals surface area contributed by atoms with Crippen molar-refractivity contribution in [1.29, 1.82) is 0 Å². The predicted octanol–water partition coefficient (Wildman–Crippen LogP) is 2.51. The SMILES string of the molecule is CNC(=O)C(C)(C)c1cnc(N(C)CCO)cc1-c1ccccc1C. The van der Waals surface area contributed by atoms with Gasteiger partial charge in [0, 0.05) is 26.8 Å². The summed E-state index contributed by atoms with van der Waals surface area (Å²) in [7, 11) is 3.54. The number of aryl methyl sites for hydroxylation is 1. The van der Waals surface area contributed by atoms with Crippen LogP contribution in [-0.4, -0.2) is 43.2 Å². The molecule has 134 valence electrons. The summed E-state index contributed by atoms with van der Waals surface area (Å²) < 4.78 is 0. The molecule has 0 saturated carbocycles. The van der Waals surface area contributed by atoms with Crippen LogP contribution >= 0.6 is 0 Å². The maximum atomic E-state index is 12.4. The molecular formula is C20H27N3O2. The predicted molar refractivity (Wildman–Crippen MR) is 102 cm³/mol. The van der Waals surface area contributed by atoms with E-state index in [-0.39, 0.29) is 12.5 Å². The maximum Gasteiger partial charge on any atom is 0.229 e. The van der Waals surface area contributed by atoms with E-state index in [9.17, 15) is 9.90 Å². The fraction of sp³-hybridized carbons (Fsp3) is 0.400. The number of aliphatic hydroxyl groups excluding tert-OH is 1. The van der Waals surface area contributed by atoms with E-state index >= 15 is 0 Å². The van der Waals surface area contributed by atoms with Crippen molar-refractivity contribution in [3.05, 3.63) is 47.7 Å². The molecule has 0 aliphatic heterocycles. The average molecular weight is 341 g/mol. The third kappa shape index (κ3) is 3.82. The number of rotatable bonds is 6. The number of carbonyl (C=O) groups is 1. The minimum Gasteiger partial charge on any atom is -0.395 e. The van der Waals surface area contributed by atoms with Gasteiger partial charge in [0.25, 0.3) is 0 Å². The van der Waals surface area contributed by atoms with E-state index in [1.54, 1.807) is 13.2 Å². The van der Waals surface area contributed by atoms with Gasteiger partial charge in [0.05, 0.1) is 12.0 Å². The molecule has 1 aromatic carbocycles. The second-order valence-electron chi connectivity index (χ2n) is 6.75. The Morgan fingerprint density at radius 2 is 1.96 bits per heavy atom. The quantitative estimate of drug-likeness (QED) is 0.847. The van der Waals surface area contributed by atoms with Crippen molar-refractivity contribution in [1.82, 2.24) is 10.3 Å². The molecule has 0 bridgehead atoms. The lowest BCUT2D eigenvalue weighted by molar-refractivity contribution is -0.125. The van der Waals surface area contributed by atoms with Gasteiger partial charge in [0.15, 0.2) is 0 Å². The molecule has 5 heteroatoms. The maximum absolute atomic E-state index is 12.4. The Morgan fingerprint density at radius 1 is 1.28 bits per heavy atom. The van der Waals surface area contributed by atoms with Gasteiger partial charge in [-0.05, 0) is 49.1 Å². The van der Waals surface area contributed by atoms with Gasteiger partial charge in [-0.1, -0.05) is 24.3 Å². The average Bonchev–Trinajstić information content (AvgIpc) is 2.61. The van der Waals surface area contributed by atoms with Gasteiger partial charge in [-0.2, -0.15) is 0 Å². The van der Waals surface area contributed by atoms with Crippen LogP contribution in [0.2, 0.25) is 0 Å². The van der Waals surface area contributed by atoms with Crippen LogP contribution in [0.3, 0.4) is 0 Å². The topological polar surface area (TPSA) is 65.5 Å². The molecule has 2 aromatic rings. The van der Waals surface area contributed by atoms with Crippen molar-refractivity contribution in [2.45, 2.75) is 26.2 Å². The highest BCUT2D eigenvalue weighted by Crippen LogP contribution is 2.36. The minimum atomic E-state index is -0.715. The summed E-state index contributed by atoms with van der Waals surface area (Å²) in [6, 6.07) is 10.1. The zero-order valence-corrected chi connectivity index (χ0v) is 15.6. The Hall–Kier alpha value is -2.40. The molecule has 2 rings (SSSR count). The van der Waals surface area contributed by atoms with Gasteiger partial charge in [0.1, 0.15) is 5.82 Å². The lowest BCUT2D eigenvalue weighted by atomic mass is 9.79. The summed E-state index contributed by atoms with van der Waals surface area (Å²) in [5, 5.41) is 11.9. The molecule has 5 nitrogen and oxygen atoms in total. The van der Waals surface area contributed by atoms with E-state index in [4.69, 9.17) is 0 Å². The van der Waals surface area contributed by atoms with Crippen LogP contribution in [0.1, 0.15) is 25.0 Å². The van der Waals surface area contributed by atoms with E-state index in [2.05, 4.69) is 29.4 Å². The summed E-state index contributed by atoms with van der Waals surface area (Å²) in [4.78, 5) is 18.9. The second-order valence-corrected chi connectivity index (χ2v) is 6.75. The molecule has 0 aliphatic rings. The van der Waals surface area contributed by atoms with Crippen LogP contribution in [0.4, 0.5) is 5.82 Å². The molecule has 0 aliphatic carbocycles. The third-order valence-corrected chi connectivity index (χ3v) is 4.62. The summed E-state index contributed by atoms with van der Waals surface area (Å²) >= 11 is 0. The first kappa shape index (κ1) is 18.9. The Kier molecular flexibility index (Phi) is 5.80. The van der Waals surface area contributed by atoms with Crippen LogP contribution in [0, 0.1) is 6.92 Å². The van der Waals surface area contributed by atoms with Gasteiger partial charge in [-0.25, -0.2) is 4.98 Å². The van der Waals surface area contributed by atoms with Crippen LogP contribution in [-0.2, 0) is 10.2 Å². The molecule has 0 spiro atoms. The molecule has 1 heterocycles. The highest BCUT2D eigenvalue weighted by molar-refractivity contribution is 5.90. The number of hydrogen-bond acceptors (Lipinski definition) is 4. The Labute approximate surface area is 149 Å². The third-order valence-electron chi connectivity index (χ3n) is 4.62. The standard InChI is InChI=1S/C20H27N3O2/c1-14-8-6-7-9-15(14)16-12-18(23(5)10-11-24)22-13-17(16)20(2,3)19(25)21-4/h6-9,12-13,24H,10-11H2,1-5H3,(H,21,25). The number of pyridine rings is 1. The molecule has 0 saturated heterocycles. The highest BCUT2D eigenvalue weighted by atomic mass is 16.3. The van der Waals surface area contributed by atoms with E-state index in [0.717, 1.165) is 28.1 Å². The molecule has 2 N–H and O–H groups in total. The van der Waals surface area contributed by atoms with Gasteiger partial charge < -0.3 is 15.3 Å². The van der Waals surface area contributed by atoms with Crippen LogP contribution < -0.4 is 10.2 Å². The Morgan fingerprint density at radius 3 is 2.56 bits per heavy atom. The summed E-state index contributed by atoms with van der Waals surface area (Å²) in [5.41, 5.74) is 3.37. The first-order chi connectivity index (χ1) is 11.8. The number of aliphatic hydroxyl groups is 1. The molecule has 25 heavy (non-hydrogen) atoms. The molecular weight excluding hydrogens is 314 g/mol. The first-order valence-electron chi connectivity index (χ1n) is 8.43. The number of likely N-dealkylation sites (N-methyl/N-ethyl adjacent to an activating group) is 2. The lowest BCUT2D eigenvalue weighted by Crippen LogP contribution is -2.38. The Bertz CT molecular complexity index is 756. The number of amides is 1. The van der Waals surface area contributed by atoms with Gasteiger partial charge in [0.2, 0.25) is 5.91 Å². The smallest absolute Gasteiger partial charge is 0.229 e. The first-order valence-corrected chi connectivity index (χ1v) is 8.43. The van der Waals surface area contributed by atoms with E-state index in [1.807, 2.05) is 44.0 Å². The van der Waals surface area contributed by atoms with Crippen molar-refractivity contribution in [3.8, 4) is 11.1 Å². The Balaban J connectivity index is 2.68. The molecule has 0 atom stereocenters. The molecule has 1 amide bonds. The molecule has 0 fully saturated rings. The number of nitrogens with zero attached hydrogens (tertiary/aromatic N) is 2. The monoisotopic (exact) mass is 341 g/mol. The largest absolute Gasteiger partial charge is 0.395 e. The van der Waals surface area contributed by atoms with Crippen molar-refractivity contribution < 1.29 is 9.90 Å². The van der Waals surface area contributed by atoms with E-state index in [1.165, 1.54) is 0 Å². The van der Waals surface area contributed by atoms with Gasteiger partial charge in [-0.15, -0.1) is 0 Å². The number of carbonyl (C=O) groups excluding carboxylic acids is 1. The van der Waals surface area contributed by atoms with Crippen molar-refractivity contribution in [2.24, 2.45) is 0 Å². The minimum absolute atomic E-state index is 0.0550. The highest BCUT2D eigenvalue weighted by Gasteiger charge is 2.32. The van der Waals surface area contributed by atoms with Crippen LogP contribution in [0.5, 0.6) is 0 Å². The van der Waals surface area contributed by atoms with E-state index < -0.39 is 5.41 Å². The van der Waals surface area contributed by atoms with E-state index in [0.29, 0.717) is 6.54 Å². The van der Waals surface area contributed by atoms with Crippen molar-refractivity contribution in [2.75, 3.05) is 32.1 Å². The number of hydrogen-bond donors (Lipinski definition) is 2. The number of benzene rings is 1. The van der Waals surface area contributed by atoms with Crippen molar-refractivity contribution >= 4 is 11.7 Å². The second kappa shape index (κ2) is 7.66. The zero-order chi connectivity index (χ0) is 18.6. The van der Waals surface area contributed by atoms with Crippen molar-refractivity contribution in [3.63, 3.8) is 0 Å². The fourth-order valence-electron chi connectivity index (χ4n) is 2.95. The van der Waals surface area contributed by atoms with Gasteiger partial charge >= 0.3 is 0 Å². The number of anilines is 1. The summed E-state index contributed by atoms with van der Waals surface area (Å²) in [6.45, 7) is 6.43. The number of aromatic nitrogens is 1.